The lowest BCUT2D eigenvalue weighted by Crippen LogP contribution is -2.15. The summed E-state index contributed by atoms with van der Waals surface area (Å²) in [4.78, 5) is 26.8. The van der Waals surface area contributed by atoms with Crippen molar-refractivity contribution >= 4 is 11.6 Å². The van der Waals surface area contributed by atoms with Gasteiger partial charge in [-0.05, 0) is 18.2 Å². The summed E-state index contributed by atoms with van der Waals surface area (Å²) in [5.74, 6) is 0.724. The van der Waals surface area contributed by atoms with Crippen molar-refractivity contribution in [3.63, 3.8) is 0 Å². The number of nitrogens with zero attached hydrogens (tertiary/aromatic N) is 9. The van der Waals surface area contributed by atoms with E-state index in [0.717, 1.165) is 5.56 Å². The second-order valence-corrected chi connectivity index (χ2v) is 7.57. The second-order valence-electron chi connectivity index (χ2n) is 7.57. The molecule has 0 aliphatic heterocycles. The van der Waals surface area contributed by atoms with Crippen molar-refractivity contribution in [1.29, 1.82) is 10.5 Å². The number of aromatic nitrogens is 7. The van der Waals surface area contributed by atoms with Gasteiger partial charge < -0.3 is 0 Å². The summed E-state index contributed by atoms with van der Waals surface area (Å²) in [6, 6.07) is 25.7. The van der Waals surface area contributed by atoms with E-state index < -0.39 is 0 Å². The number of nitriles is 2. The van der Waals surface area contributed by atoms with E-state index in [4.69, 9.17) is 4.98 Å². The first-order valence-electron chi connectivity index (χ1n) is 10.5. The average molecular weight is 455 g/mol. The maximum Gasteiger partial charge on any atom is 0.261 e. The fourth-order valence-electron chi connectivity index (χ4n) is 3.90. The lowest BCUT2D eigenvalue weighted by Gasteiger charge is -2.04. The van der Waals surface area contributed by atoms with Gasteiger partial charge in [0.15, 0.2) is 17.2 Å². The van der Waals surface area contributed by atoms with Gasteiger partial charge >= 0.3 is 0 Å². The SMILES string of the molecule is N#Cc1nc2nc(-c3nn(-c4ccccc4)c4nc(-c5ccccc5)cc(=O)n34)ccn2c1C#N. The third kappa shape index (κ3) is 3.14. The fraction of sp³-hybridized carbons (Fsp3) is 0. The molecule has 0 amide bonds. The summed E-state index contributed by atoms with van der Waals surface area (Å²) in [5.41, 5.74) is 2.12. The zero-order valence-electron chi connectivity index (χ0n) is 17.9. The van der Waals surface area contributed by atoms with Crippen LogP contribution in [-0.4, -0.2) is 33.5 Å². The quantitative estimate of drug-likeness (QED) is 0.401. The predicted octanol–water partition coefficient (Wildman–Crippen LogP) is 3.00. The summed E-state index contributed by atoms with van der Waals surface area (Å²) >= 11 is 0. The first-order valence-corrected chi connectivity index (χ1v) is 10.5. The lowest BCUT2D eigenvalue weighted by atomic mass is 10.1. The van der Waals surface area contributed by atoms with E-state index >= 15 is 0 Å². The van der Waals surface area contributed by atoms with Gasteiger partial charge in [0.1, 0.15) is 17.8 Å². The van der Waals surface area contributed by atoms with Crippen LogP contribution in [0, 0.1) is 22.7 Å². The molecule has 0 aliphatic carbocycles. The monoisotopic (exact) mass is 455 g/mol. The maximum absolute atomic E-state index is 13.4. The van der Waals surface area contributed by atoms with Crippen molar-refractivity contribution in [2.75, 3.05) is 0 Å². The van der Waals surface area contributed by atoms with Gasteiger partial charge in [-0.3, -0.25) is 9.20 Å². The standard InChI is InChI=1S/C25H13N9O/c26-14-20-21(15-27)32-12-11-18(28-24(32)29-20)23-31-34(17-9-5-2-6-10-17)25-30-19(13-22(35)33(23)25)16-7-3-1-4-8-16/h1-13H. The Morgan fingerprint density at radius 2 is 1.54 bits per heavy atom. The molecule has 10 heteroatoms. The summed E-state index contributed by atoms with van der Waals surface area (Å²) in [5, 5.41) is 23.4. The Hall–Kier alpha value is -5.61. The molecule has 164 valence electrons. The molecule has 6 rings (SSSR count). The largest absolute Gasteiger partial charge is 0.274 e. The van der Waals surface area contributed by atoms with Gasteiger partial charge in [-0.25, -0.2) is 14.4 Å². The van der Waals surface area contributed by atoms with Crippen LogP contribution in [-0.2, 0) is 0 Å². The van der Waals surface area contributed by atoms with Gasteiger partial charge in [-0.15, -0.1) is 5.10 Å². The molecule has 0 N–H and O–H groups in total. The first kappa shape index (κ1) is 20.0. The molecule has 0 radical (unpaired) electrons. The van der Waals surface area contributed by atoms with Crippen molar-refractivity contribution in [2.45, 2.75) is 0 Å². The summed E-state index contributed by atoms with van der Waals surface area (Å²) in [7, 11) is 0. The summed E-state index contributed by atoms with van der Waals surface area (Å²) in [6.07, 6.45) is 1.58. The molecule has 0 atom stereocenters. The molecule has 0 bridgehead atoms. The normalized spacial score (nSPS) is 10.9. The van der Waals surface area contributed by atoms with Crippen molar-refractivity contribution in [2.24, 2.45) is 0 Å². The molecule has 0 spiro atoms. The topological polar surface area (TPSA) is 130 Å². The lowest BCUT2D eigenvalue weighted by molar-refractivity contribution is 0.896. The minimum Gasteiger partial charge on any atom is -0.274 e. The molecule has 10 nitrogen and oxygen atoms in total. The number of imidazole rings is 1. The maximum atomic E-state index is 13.4. The summed E-state index contributed by atoms with van der Waals surface area (Å²) < 4.78 is 4.40. The highest BCUT2D eigenvalue weighted by Crippen LogP contribution is 2.23. The third-order valence-electron chi connectivity index (χ3n) is 5.50. The van der Waals surface area contributed by atoms with Crippen molar-refractivity contribution in [1.82, 2.24) is 33.5 Å². The number of para-hydroxylation sites is 1. The van der Waals surface area contributed by atoms with E-state index in [1.807, 2.05) is 72.8 Å². The zero-order chi connectivity index (χ0) is 23.9. The van der Waals surface area contributed by atoms with Gasteiger partial charge in [0.05, 0.1) is 11.4 Å². The van der Waals surface area contributed by atoms with E-state index in [1.54, 1.807) is 16.9 Å². The van der Waals surface area contributed by atoms with Crippen LogP contribution < -0.4 is 5.56 Å². The molecule has 4 heterocycles. The molecule has 35 heavy (non-hydrogen) atoms. The van der Waals surface area contributed by atoms with E-state index in [0.29, 0.717) is 22.9 Å². The Kier molecular flexibility index (Phi) is 4.44. The molecular weight excluding hydrogens is 442 g/mol. The van der Waals surface area contributed by atoms with Crippen LogP contribution in [0.25, 0.3) is 40.0 Å². The first-order chi connectivity index (χ1) is 17.2. The molecule has 0 unspecified atom stereocenters. The molecule has 0 fully saturated rings. The highest BCUT2D eigenvalue weighted by Gasteiger charge is 2.20. The number of fused-ring (bicyclic) bond motifs is 2. The molecule has 4 aromatic heterocycles. The highest BCUT2D eigenvalue weighted by molar-refractivity contribution is 5.64. The van der Waals surface area contributed by atoms with Crippen LogP contribution in [0.2, 0.25) is 0 Å². The number of rotatable bonds is 3. The second kappa shape index (κ2) is 7.76. The molecule has 0 saturated heterocycles. The minimum absolute atomic E-state index is 0.0249. The molecule has 2 aromatic carbocycles. The van der Waals surface area contributed by atoms with Crippen molar-refractivity contribution < 1.29 is 0 Å². The third-order valence-corrected chi connectivity index (χ3v) is 5.50. The summed E-state index contributed by atoms with van der Waals surface area (Å²) in [6.45, 7) is 0. The molecule has 0 aliphatic rings. The van der Waals surface area contributed by atoms with E-state index in [2.05, 4.69) is 15.1 Å². The van der Waals surface area contributed by atoms with Gasteiger partial charge in [0, 0.05) is 17.8 Å². The van der Waals surface area contributed by atoms with Crippen LogP contribution >= 0.6 is 0 Å². The minimum atomic E-state index is -0.327. The van der Waals surface area contributed by atoms with Gasteiger partial charge in [0.25, 0.3) is 5.56 Å². The van der Waals surface area contributed by atoms with E-state index in [1.165, 1.54) is 14.9 Å². The van der Waals surface area contributed by atoms with Crippen molar-refractivity contribution in [3.05, 3.63) is 101 Å². The Morgan fingerprint density at radius 1 is 0.800 bits per heavy atom. The highest BCUT2D eigenvalue weighted by atomic mass is 16.1. The van der Waals surface area contributed by atoms with Gasteiger partial charge in [-0.2, -0.15) is 20.2 Å². The van der Waals surface area contributed by atoms with Gasteiger partial charge in [0.2, 0.25) is 11.6 Å². The van der Waals surface area contributed by atoms with Gasteiger partial charge in [-0.1, -0.05) is 48.5 Å². The van der Waals surface area contributed by atoms with Crippen LogP contribution in [0.5, 0.6) is 0 Å². The predicted molar refractivity (Wildman–Crippen MR) is 125 cm³/mol. The number of hydrogen-bond donors (Lipinski definition) is 0. The number of hydrogen-bond acceptors (Lipinski definition) is 7. The Labute approximate surface area is 197 Å². The van der Waals surface area contributed by atoms with Crippen LogP contribution in [0.4, 0.5) is 0 Å². The smallest absolute Gasteiger partial charge is 0.261 e. The Balaban J connectivity index is 1.65. The van der Waals surface area contributed by atoms with E-state index in [-0.39, 0.29) is 28.5 Å². The van der Waals surface area contributed by atoms with E-state index in [9.17, 15) is 15.3 Å². The molecule has 0 saturated carbocycles. The van der Waals surface area contributed by atoms with Crippen LogP contribution in [0.3, 0.4) is 0 Å². The Bertz CT molecular complexity index is 1890. The Morgan fingerprint density at radius 3 is 2.26 bits per heavy atom. The van der Waals surface area contributed by atoms with Crippen LogP contribution in [0.15, 0.2) is 83.8 Å². The van der Waals surface area contributed by atoms with Crippen LogP contribution in [0.1, 0.15) is 11.4 Å². The number of benzene rings is 2. The average Bonchev–Trinajstić information content (AvgIpc) is 3.47. The molecular formula is C25H13N9O. The molecule has 6 aromatic rings. The fourth-order valence-corrected chi connectivity index (χ4v) is 3.90. The van der Waals surface area contributed by atoms with Crippen molar-refractivity contribution in [3.8, 4) is 40.6 Å². The zero-order valence-corrected chi connectivity index (χ0v) is 17.9.